The highest BCUT2D eigenvalue weighted by Crippen LogP contribution is 2.40. The van der Waals surface area contributed by atoms with E-state index >= 15 is 0 Å². The number of nitrogens with zero attached hydrogens (tertiary/aromatic N) is 4. The number of pyridine rings is 1. The Morgan fingerprint density at radius 3 is 2.81 bits per heavy atom. The van der Waals surface area contributed by atoms with Gasteiger partial charge in [0.2, 0.25) is 0 Å². The number of benzene rings is 1. The second-order valence-electron chi connectivity index (χ2n) is 7.03. The molecule has 1 N–H and O–H groups in total. The first kappa shape index (κ1) is 15.9. The average Bonchev–Trinajstić information content (AvgIpc) is 3.29. The minimum Gasteiger partial charge on any atom is -0.494 e. The average molecular weight is 359 g/mol. The minimum absolute atomic E-state index is 0.635. The van der Waals surface area contributed by atoms with Crippen molar-refractivity contribution < 1.29 is 4.74 Å². The number of anilines is 2. The van der Waals surface area contributed by atoms with E-state index in [1.54, 1.807) is 13.4 Å². The van der Waals surface area contributed by atoms with Crippen molar-refractivity contribution in [1.82, 2.24) is 18.9 Å². The lowest BCUT2D eigenvalue weighted by Gasteiger charge is -2.13. The molecule has 136 valence electrons. The highest BCUT2D eigenvalue weighted by Gasteiger charge is 2.26. The quantitative estimate of drug-likeness (QED) is 0.572. The number of rotatable bonds is 5. The Morgan fingerprint density at radius 2 is 2.07 bits per heavy atom. The van der Waals surface area contributed by atoms with E-state index in [0.29, 0.717) is 5.92 Å². The molecule has 0 amide bonds. The smallest absolute Gasteiger partial charge is 0.160 e. The van der Waals surface area contributed by atoms with Crippen LogP contribution in [-0.2, 0) is 0 Å². The largest absolute Gasteiger partial charge is 0.494 e. The van der Waals surface area contributed by atoms with Crippen LogP contribution in [0.1, 0.15) is 30.1 Å². The second kappa shape index (κ2) is 6.16. The molecule has 6 heteroatoms. The van der Waals surface area contributed by atoms with Crippen LogP contribution in [-0.4, -0.2) is 26.0 Å². The summed E-state index contributed by atoms with van der Waals surface area (Å²) in [6, 6.07) is 10.2. The zero-order valence-corrected chi connectivity index (χ0v) is 15.4. The minimum atomic E-state index is 0.635. The Kier molecular flexibility index (Phi) is 3.63. The summed E-state index contributed by atoms with van der Waals surface area (Å²) in [4.78, 5) is 9.13. The molecule has 1 aliphatic rings. The van der Waals surface area contributed by atoms with E-state index in [1.807, 2.05) is 48.1 Å². The zero-order chi connectivity index (χ0) is 18.4. The van der Waals surface area contributed by atoms with Crippen molar-refractivity contribution in [2.75, 3.05) is 12.4 Å². The van der Waals surface area contributed by atoms with Crippen LogP contribution in [0.4, 0.5) is 11.4 Å². The fourth-order valence-electron chi connectivity index (χ4n) is 3.38. The van der Waals surface area contributed by atoms with E-state index in [-0.39, 0.29) is 0 Å². The number of hydrogen-bond acceptors (Lipinski definition) is 4. The molecule has 0 aliphatic heterocycles. The Bertz CT molecular complexity index is 1120. The molecule has 1 aromatic carbocycles. The fourth-order valence-corrected chi connectivity index (χ4v) is 3.38. The first-order chi connectivity index (χ1) is 13.2. The SMILES string of the molecule is COc1cc(Nc2cccn3cc(C4CC4)nc23)ccc1-n1cnc(C)c1. The van der Waals surface area contributed by atoms with E-state index in [1.165, 1.54) is 18.5 Å². The monoisotopic (exact) mass is 359 g/mol. The van der Waals surface area contributed by atoms with Crippen molar-refractivity contribution in [1.29, 1.82) is 0 Å². The molecular formula is C21H21N5O. The number of ether oxygens (including phenoxy) is 1. The second-order valence-corrected chi connectivity index (χ2v) is 7.03. The molecule has 27 heavy (non-hydrogen) atoms. The number of methoxy groups -OCH3 is 1. The normalized spacial score (nSPS) is 13.9. The maximum atomic E-state index is 5.61. The summed E-state index contributed by atoms with van der Waals surface area (Å²) in [7, 11) is 1.68. The van der Waals surface area contributed by atoms with Crippen molar-refractivity contribution in [3.05, 3.63) is 66.6 Å². The van der Waals surface area contributed by atoms with Crippen LogP contribution in [0, 0.1) is 6.92 Å². The number of nitrogens with one attached hydrogen (secondary N) is 1. The highest BCUT2D eigenvalue weighted by molar-refractivity contribution is 5.75. The van der Waals surface area contributed by atoms with E-state index in [0.717, 1.165) is 34.2 Å². The molecule has 0 spiro atoms. The van der Waals surface area contributed by atoms with Gasteiger partial charge in [-0.1, -0.05) is 0 Å². The first-order valence-electron chi connectivity index (χ1n) is 9.15. The van der Waals surface area contributed by atoms with Gasteiger partial charge in [-0.05, 0) is 44.0 Å². The zero-order valence-electron chi connectivity index (χ0n) is 15.4. The van der Waals surface area contributed by atoms with Crippen molar-refractivity contribution in [2.45, 2.75) is 25.7 Å². The number of aryl methyl sites for hydroxylation is 1. The maximum absolute atomic E-state index is 5.61. The van der Waals surface area contributed by atoms with Crippen LogP contribution in [0.15, 0.2) is 55.2 Å². The lowest BCUT2D eigenvalue weighted by Crippen LogP contribution is -1.99. The van der Waals surface area contributed by atoms with Gasteiger partial charge in [0.05, 0.1) is 36.2 Å². The third-order valence-electron chi connectivity index (χ3n) is 4.95. The molecule has 0 unspecified atom stereocenters. The van der Waals surface area contributed by atoms with E-state index < -0.39 is 0 Å². The molecule has 3 aromatic heterocycles. The lowest BCUT2D eigenvalue weighted by atomic mass is 10.2. The predicted octanol–water partition coefficient (Wildman–Crippen LogP) is 4.46. The Labute approximate surface area is 157 Å². The topological polar surface area (TPSA) is 56.4 Å². The molecule has 4 aromatic rings. The van der Waals surface area contributed by atoms with Gasteiger partial charge in [-0.25, -0.2) is 9.97 Å². The molecule has 3 heterocycles. The van der Waals surface area contributed by atoms with Gasteiger partial charge in [0.15, 0.2) is 5.65 Å². The van der Waals surface area contributed by atoms with Gasteiger partial charge < -0.3 is 19.0 Å². The Hall–Kier alpha value is -3.28. The summed E-state index contributed by atoms with van der Waals surface area (Å²) in [6.45, 7) is 1.97. The summed E-state index contributed by atoms with van der Waals surface area (Å²) < 4.78 is 9.67. The third kappa shape index (κ3) is 2.93. The molecular weight excluding hydrogens is 338 g/mol. The summed E-state index contributed by atoms with van der Waals surface area (Å²) in [6.07, 6.45) is 10.5. The molecule has 0 saturated heterocycles. The van der Waals surface area contributed by atoms with Crippen LogP contribution in [0.3, 0.4) is 0 Å². The summed E-state index contributed by atoms with van der Waals surface area (Å²) in [5.74, 6) is 1.42. The van der Waals surface area contributed by atoms with Gasteiger partial charge >= 0.3 is 0 Å². The molecule has 6 nitrogen and oxygen atoms in total. The van der Waals surface area contributed by atoms with Crippen molar-refractivity contribution in [3.63, 3.8) is 0 Å². The number of fused-ring (bicyclic) bond motifs is 1. The predicted molar refractivity (Wildman–Crippen MR) is 105 cm³/mol. The molecule has 0 bridgehead atoms. The number of hydrogen-bond donors (Lipinski definition) is 1. The van der Waals surface area contributed by atoms with Crippen LogP contribution in [0.25, 0.3) is 11.3 Å². The van der Waals surface area contributed by atoms with Crippen molar-refractivity contribution >= 4 is 17.0 Å². The van der Waals surface area contributed by atoms with Crippen LogP contribution in [0.2, 0.25) is 0 Å². The van der Waals surface area contributed by atoms with Crippen LogP contribution >= 0.6 is 0 Å². The number of aromatic nitrogens is 4. The first-order valence-corrected chi connectivity index (χ1v) is 9.15. The van der Waals surface area contributed by atoms with Gasteiger partial charge in [0.1, 0.15) is 5.75 Å². The van der Waals surface area contributed by atoms with Gasteiger partial charge in [-0.2, -0.15) is 0 Å². The lowest BCUT2D eigenvalue weighted by molar-refractivity contribution is 0.413. The highest BCUT2D eigenvalue weighted by atomic mass is 16.5. The fraction of sp³-hybridized carbons (Fsp3) is 0.238. The summed E-state index contributed by atoms with van der Waals surface area (Å²) in [5, 5.41) is 3.49. The summed E-state index contributed by atoms with van der Waals surface area (Å²) >= 11 is 0. The Morgan fingerprint density at radius 1 is 1.19 bits per heavy atom. The molecule has 0 radical (unpaired) electrons. The molecule has 1 aliphatic carbocycles. The Balaban J connectivity index is 1.49. The van der Waals surface area contributed by atoms with Gasteiger partial charge in [-0.3, -0.25) is 0 Å². The standard InChI is InChI=1S/C21H21N5O/c1-14-11-26(13-22-14)19-8-7-16(10-20(19)27-2)23-17-4-3-9-25-12-18(15-5-6-15)24-21(17)25/h3-4,7-13,15,23H,5-6H2,1-2H3. The molecule has 1 saturated carbocycles. The molecule has 5 rings (SSSR count). The van der Waals surface area contributed by atoms with E-state index in [9.17, 15) is 0 Å². The van der Waals surface area contributed by atoms with E-state index in [2.05, 4.69) is 27.0 Å². The van der Waals surface area contributed by atoms with Crippen LogP contribution < -0.4 is 10.1 Å². The van der Waals surface area contributed by atoms with Crippen molar-refractivity contribution in [2.24, 2.45) is 0 Å². The number of imidazole rings is 2. The van der Waals surface area contributed by atoms with Crippen molar-refractivity contribution in [3.8, 4) is 11.4 Å². The van der Waals surface area contributed by atoms with Crippen LogP contribution in [0.5, 0.6) is 5.75 Å². The molecule has 0 atom stereocenters. The van der Waals surface area contributed by atoms with E-state index in [4.69, 9.17) is 9.72 Å². The summed E-state index contributed by atoms with van der Waals surface area (Å²) in [5.41, 5.74) is 6.00. The van der Waals surface area contributed by atoms with Gasteiger partial charge in [0.25, 0.3) is 0 Å². The molecule has 1 fully saturated rings. The van der Waals surface area contributed by atoms with Gasteiger partial charge in [0, 0.05) is 36.3 Å². The maximum Gasteiger partial charge on any atom is 0.160 e. The third-order valence-corrected chi connectivity index (χ3v) is 4.95. The van der Waals surface area contributed by atoms with Gasteiger partial charge in [-0.15, -0.1) is 0 Å².